The van der Waals surface area contributed by atoms with Crippen LogP contribution in [0.5, 0.6) is 0 Å². The molecule has 0 spiro atoms. The van der Waals surface area contributed by atoms with Gasteiger partial charge >= 0.3 is 0 Å². The fourth-order valence-electron chi connectivity index (χ4n) is 3.50. The van der Waals surface area contributed by atoms with Gasteiger partial charge in [-0.3, -0.25) is 4.99 Å². The molecule has 1 aliphatic heterocycles. The molecule has 1 atom stereocenters. The average molecular weight is 257 g/mol. The second kappa shape index (κ2) is 5.24. The highest BCUT2D eigenvalue weighted by molar-refractivity contribution is 5.97. The van der Waals surface area contributed by atoms with E-state index >= 15 is 0 Å². The molecule has 3 rings (SSSR count). The Bertz CT molecular complexity index is 475. The monoisotopic (exact) mass is 257 g/mol. The van der Waals surface area contributed by atoms with Gasteiger partial charge in [-0.05, 0) is 43.4 Å². The molecule has 19 heavy (non-hydrogen) atoms. The second-order valence-electron chi connectivity index (χ2n) is 5.87. The van der Waals surface area contributed by atoms with Gasteiger partial charge in [0.05, 0.1) is 12.6 Å². The van der Waals surface area contributed by atoms with Crippen LogP contribution in [0.1, 0.15) is 37.7 Å². The van der Waals surface area contributed by atoms with E-state index in [1.807, 2.05) is 0 Å². The van der Waals surface area contributed by atoms with Crippen LogP contribution in [0.2, 0.25) is 0 Å². The molecule has 3 heteroatoms. The maximum absolute atomic E-state index is 6.13. The summed E-state index contributed by atoms with van der Waals surface area (Å²) in [5.41, 5.74) is 8.61. The number of anilines is 1. The van der Waals surface area contributed by atoms with Crippen LogP contribution in [0.15, 0.2) is 29.3 Å². The topological polar surface area (TPSA) is 41.6 Å². The molecule has 0 bridgehead atoms. The van der Waals surface area contributed by atoms with Crippen molar-refractivity contribution >= 4 is 11.6 Å². The molecule has 0 amide bonds. The minimum Gasteiger partial charge on any atom is -0.370 e. The number of aliphatic imine (C=N–C) groups is 1. The van der Waals surface area contributed by atoms with Gasteiger partial charge in [-0.15, -0.1) is 0 Å². The molecule has 0 aromatic heterocycles. The Kier molecular flexibility index (Phi) is 3.45. The van der Waals surface area contributed by atoms with Crippen LogP contribution in [0.3, 0.4) is 0 Å². The molecule has 0 radical (unpaired) electrons. The van der Waals surface area contributed by atoms with Gasteiger partial charge in [0.1, 0.15) is 0 Å². The zero-order valence-corrected chi connectivity index (χ0v) is 11.7. The molecular formula is C16H23N3. The van der Waals surface area contributed by atoms with Crippen molar-refractivity contribution in [3.8, 4) is 0 Å². The van der Waals surface area contributed by atoms with Gasteiger partial charge < -0.3 is 10.6 Å². The minimum absolute atomic E-state index is 0.474. The third-order valence-electron chi connectivity index (χ3n) is 4.49. The van der Waals surface area contributed by atoms with Crippen LogP contribution in [0.4, 0.5) is 5.69 Å². The van der Waals surface area contributed by atoms with Crippen molar-refractivity contribution in [1.82, 2.24) is 0 Å². The summed E-state index contributed by atoms with van der Waals surface area (Å²) >= 11 is 0. The molecule has 0 saturated heterocycles. The normalized spacial score (nSPS) is 24.6. The molecule has 102 valence electrons. The summed E-state index contributed by atoms with van der Waals surface area (Å²) in [4.78, 5) is 6.77. The average Bonchev–Trinajstić information content (AvgIpc) is 2.82. The first-order chi connectivity index (χ1) is 9.25. The van der Waals surface area contributed by atoms with Gasteiger partial charge in [-0.2, -0.15) is 0 Å². The molecule has 1 heterocycles. The van der Waals surface area contributed by atoms with Crippen molar-refractivity contribution in [2.45, 2.75) is 45.1 Å². The molecule has 1 saturated carbocycles. The molecule has 1 unspecified atom stereocenters. The first kappa shape index (κ1) is 12.5. The summed E-state index contributed by atoms with van der Waals surface area (Å²) in [7, 11) is 0. The molecule has 2 N–H and O–H groups in total. The van der Waals surface area contributed by atoms with E-state index in [1.54, 1.807) is 0 Å². The van der Waals surface area contributed by atoms with Crippen LogP contribution in [-0.2, 0) is 0 Å². The lowest BCUT2D eigenvalue weighted by Gasteiger charge is -2.34. The zero-order valence-electron chi connectivity index (χ0n) is 11.7. The summed E-state index contributed by atoms with van der Waals surface area (Å²) in [6, 6.07) is 9.07. The second-order valence-corrected chi connectivity index (χ2v) is 5.87. The zero-order chi connectivity index (χ0) is 13.2. The molecular weight excluding hydrogens is 234 g/mol. The largest absolute Gasteiger partial charge is 0.370 e. The fourth-order valence-corrected chi connectivity index (χ4v) is 3.50. The van der Waals surface area contributed by atoms with Crippen LogP contribution in [0, 0.1) is 12.8 Å². The van der Waals surface area contributed by atoms with Gasteiger partial charge in [0, 0.05) is 5.69 Å². The number of rotatable bonds is 2. The van der Waals surface area contributed by atoms with E-state index in [2.05, 4.69) is 41.1 Å². The lowest BCUT2D eigenvalue weighted by atomic mass is 9.83. The Labute approximate surface area is 115 Å². The molecule has 1 aromatic rings. The first-order valence-electron chi connectivity index (χ1n) is 7.41. The highest BCUT2D eigenvalue weighted by atomic mass is 15.3. The lowest BCUT2D eigenvalue weighted by molar-refractivity contribution is 0.314. The number of nitrogens with zero attached hydrogens (tertiary/aromatic N) is 2. The van der Waals surface area contributed by atoms with Crippen LogP contribution in [-0.4, -0.2) is 18.5 Å². The number of hydrogen-bond donors (Lipinski definition) is 1. The van der Waals surface area contributed by atoms with E-state index in [0.717, 1.165) is 12.5 Å². The van der Waals surface area contributed by atoms with Gasteiger partial charge in [-0.1, -0.05) is 31.4 Å². The van der Waals surface area contributed by atoms with Crippen molar-refractivity contribution in [2.75, 3.05) is 11.4 Å². The summed E-state index contributed by atoms with van der Waals surface area (Å²) in [5, 5.41) is 0. The standard InChI is InChI=1S/C16H23N3/c1-12-6-5-9-14(10-12)19-15(11-18-16(19)17)13-7-3-2-4-8-13/h5-6,9-10,13,15H,2-4,7-8,11H2,1H3,(H2,17,18). The van der Waals surface area contributed by atoms with E-state index in [9.17, 15) is 0 Å². The van der Waals surface area contributed by atoms with E-state index in [-0.39, 0.29) is 0 Å². The van der Waals surface area contributed by atoms with Gasteiger partial charge in [-0.25, -0.2) is 0 Å². The Morgan fingerprint density at radius 1 is 1.21 bits per heavy atom. The third-order valence-corrected chi connectivity index (χ3v) is 4.49. The highest BCUT2D eigenvalue weighted by Crippen LogP contribution is 2.33. The quantitative estimate of drug-likeness (QED) is 0.884. The smallest absolute Gasteiger partial charge is 0.196 e. The number of hydrogen-bond acceptors (Lipinski definition) is 3. The Morgan fingerprint density at radius 3 is 2.74 bits per heavy atom. The van der Waals surface area contributed by atoms with Crippen molar-refractivity contribution in [3.05, 3.63) is 29.8 Å². The van der Waals surface area contributed by atoms with E-state index in [4.69, 9.17) is 5.73 Å². The highest BCUT2D eigenvalue weighted by Gasteiger charge is 2.34. The Balaban J connectivity index is 1.85. The SMILES string of the molecule is Cc1cccc(N2C(N)=NCC2C2CCCCC2)c1. The van der Waals surface area contributed by atoms with Crippen molar-refractivity contribution < 1.29 is 0 Å². The van der Waals surface area contributed by atoms with Gasteiger partial charge in [0.2, 0.25) is 0 Å². The van der Waals surface area contributed by atoms with Gasteiger partial charge in [0.15, 0.2) is 5.96 Å². The summed E-state index contributed by atoms with van der Waals surface area (Å²) in [6.07, 6.45) is 6.78. The van der Waals surface area contributed by atoms with Crippen molar-refractivity contribution in [2.24, 2.45) is 16.6 Å². The lowest BCUT2D eigenvalue weighted by Crippen LogP contribution is -2.45. The first-order valence-corrected chi connectivity index (χ1v) is 7.41. The van der Waals surface area contributed by atoms with Crippen LogP contribution < -0.4 is 10.6 Å². The predicted octanol–water partition coefficient (Wildman–Crippen LogP) is 3.08. The summed E-state index contributed by atoms with van der Waals surface area (Å²) in [5.74, 6) is 1.44. The van der Waals surface area contributed by atoms with Crippen molar-refractivity contribution in [1.29, 1.82) is 0 Å². The van der Waals surface area contributed by atoms with Crippen LogP contribution >= 0.6 is 0 Å². The van der Waals surface area contributed by atoms with Gasteiger partial charge in [0.25, 0.3) is 0 Å². The third kappa shape index (κ3) is 2.46. The molecule has 3 nitrogen and oxygen atoms in total. The number of aryl methyl sites for hydroxylation is 1. The maximum Gasteiger partial charge on any atom is 0.196 e. The van der Waals surface area contributed by atoms with E-state index in [0.29, 0.717) is 12.0 Å². The molecule has 1 aliphatic carbocycles. The van der Waals surface area contributed by atoms with Crippen LogP contribution in [0.25, 0.3) is 0 Å². The Hall–Kier alpha value is -1.51. The molecule has 2 aliphatic rings. The van der Waals surface area contributed by atoms with E-state index < -0.39 is 0 Å². The van der Waals surface area contributed by atoms with Crippen molar-refractivity contribution in [3.63, 3.8) is 0 Å². The molecule has 1 aromatic carbocycles. The summed E-state index contributed by atoms with van der Waals surface area (Å²) < 4.78 is 0. The maximum atomic E-state index is 6.13. The fraction of sp³-hybridized carbons (Fsp3) is 0.562. The number of guanidine groups is 1. The predicted molar refractivity (Wildman–Crippen MR) is 80.5 cm³/mol. The Morgan fingerprint density at radius 2 is 2.00 bits per heavy atom. The molecule has 1 fully saturated rings. The number of nitrogens with two attached hydrogens (primary N) is 1. The summed E-state index contributed by atoms with van der Waals surface area (Å²) in [6.45, 7) is 2.99. The minimum atomic E-state index is 0.474. The van der Waals surface area contributed by atoms with E-state index in [1.165, 1.54) is 43.4 Å². The number of benzene rings is 1.